The fourth-order valence-corrected chi connectivity index (χ4v) is 4.18. The van der Waals surface area contributed by atoms with E-state index in [1.807, 2.05) is 19.9 Å². The number of nitrogen functional groups attached to an aromatic ring is 1. The van der Waals surface area contributed by atoms with Gasteiger partial charge in [0.2, 0.25) is 0 Å². The van der Waals surface area contributed by atoms with Gasteiger partial charge in [-0.15, -0.1) is 0 Å². The van der Waals surface area contributed by atoms with E-state index in [2.05, 4.69) is 9.50 Å². The molecule has 0 spiro atoms. The van der Waals surface area contributed by atoms with Crippen molar-refractivity contribution in [3.8, 4) is 0 Å². The van der Waals surface area contributed by atoms with Gasteiger partial charge in [0.1, 0.15) is 4.90 Å². The van der Waals surface area contributed by atoms with E-state index in [1.165, 1.54) is 12.1 Å². The highest BCUT2D eigenvalue weighted by molar-refractivity contribution is 7.87. The SMILES string of the molecule is CC.COS(=O)(=O)c1cc(Nc2ccccc2)c2c(c1N)C(=O)c1ccccc1C2=O. The van der Waals surface area contributed by atoms with Crippen LogP contribution in [0.1, 0.15) is 45.7 Å². The van der Waals surface area contributed by atoms with Crippen molar-refractivity contribution in [1.82, 2.24) is 0 Å². The first kappa shape index (κ1) is 22.2. The zero-order valence-electron chi connectivity index (χ0n) is 17.3. The van der Waals surface area contributed by atoms with E-state index in [4.69, 9.17) is 5.73 Å². The monoisotopic (exact) mass is 438 g/mol. The van der Waals surface area contributed by atoms with Gasteiger partial charge in [0, 0.05) is 16.8 Å². The lowest BCUT2D eigenvalue weighted by Crippen LogP contribution is -2.25. The first-order valence-corrected chi connectivity index (χ1v) is 11.0. The molecule has 8 heteroatoms. The Kier molecular flexibility index (Phi) is 6.24. The van der Waals surface area contributed by atoms with Crippen LogP contribution in [0.2, 0.25) is 0 Å². The summed E-state index contributed by atoms with van der Waals surface area (Å²) in [6.07, 6.45) is 0. The second-order valence-corrected chi connectivity index (χ2v) is 8.08. The van der Waals surface area contributed by atoms with E-state index in [-0.39, 0.29) is 38.5 Å². The molecule has 160 valence electrons. The first-order valence-electron chi connectivity index (χ1n) is 9.62. The molecule has 0 saturated carbocycles. The number of nitrogens with two attached hydrogens (primary N) is 1. The molecule has 4 rings (SSSR count). The average molecular weight is 439 g/mol. The van der Waals surface area contributed by atoms with Crippen molar-refractivity contribution in [1.29, 1.82) is 0 Å². The Morgan fingerprint density at radius 3 is 1.90 bits per heavy atom. The molecule has 0 bridgehead atoms. The lowest BCUT2D eigenvalue weighted by Gasteiger charge is -2.24. The van der Waals surface area contributed by atoms with Crippen molar-refractivity contribution in [3.63, 3.8) is 0 Å². The van der Waals surface area contributed by atoms with Gasteiger partial charge >= 0.3 is 0 Å². The number of rotatable bonds is 4. The number of ketones is 2. The largest absolute Gasteiger partial charge is 0.397 e. The van der Waals surface area contributed by atoms with Gasteiger partial charge < -0.3 is 11.1 Å². The number of para-hydroxylation sites is 1. The minimum atomic E-state index is -4.22. The molecule has 0 fully saturated rings. The van der Waals surface area contributed by atoms with E-state index in [0.29, 0.717) is 5.69 Å². The van der Waals surface area contributed by atoms with E-state index < -0.39 is 21.7 Å². The maximum absolute atomic E-state index is 13.2. The normalized spacial score (nSPS) is 12.4. The molecular weight excluding hydrogens is 416 g/mol. The molecule has 3 aromatic rings. The average Bonchev–Trinajstić information content (AvgIpc) is 2.80. The number of fused-ring (bicyclic) bond motifs is 2. The van der Waals surface area contributed by atoms with E-state index >= 15 is 0 Å². The van der Waals surface area contributed by atoms with Crippen molar-refractivity contribution in [2.24, 2.45) is 0 Å². The maximum atomic E-state index is 13.2. The molecule has 0 saturated heterocycles. The summed E-state index contributed by atoms with van der Waals surface area (Å²) in [6.45, 7) is 4.00. The Bertz CT molecular complexity index is 1270. The van der Waals surface area contributed by atoms with Gasteiger partial charge in [0.25, 0.3) is 10.1 Å². The quantitative estimate of drug-likeness (QED) is 0.363. The summed E-state index contributed by atoms with van der Waals surface area (Å²) < 4.78 is 29.4. The molecule has 3 aromatic carbocycles. The molecule has 7 nitrogen and oxygen atoms in total. The molecular formula is C23H22N2O5S. The predicted molar refractivity (Wildman–Crippen MR) is 119 cm³/mol. The van der Waals surface area contributed by atoms with Gasteiger partial charge in [-0.3, -0.25) is 13.8 Å². The summed E-state index contributed by atoms with van der Waals surface area (Å²) in [7, 11) is -3.22. The smallest absolute Gasteiger partial charge is 0.298 e. The van der Waals surface area contributed by atoms with E-state index in [9.17, 15) is 18.0 Å². The Hall–Kier alpha value is -3.49. The molecule has 1 aliphatic rings. The second kappa shape index (κ2) is 8.71. The summed E-state index contributed by atoms with van der Waals surface area (Å²) in [5, 5.41) is 3.03. The highest BCUT2D eigenvalue weighted by Crippen LogP contribution is 2.40. The van der Waals surface area contributed by atoms with Crippen LogP contribution in [0.3, 0.4) is 0 Å². The van der Waals surface area contributed by atoms with Crippen LogP contribution in [0.4, 0.5) is 17.1 Å². The minimum Gasteiger partial charge on any atom is -0.397 e. The number of hydrogen-bond donors (Lipinski definition) is 2. The molecule has 31 heavy (non-hydrogen) atoms. The number of carbonyl (C=O) groups excluding carboxylic acids is 2. The summed E-state index contributed by atoms with van der Waals surface area (Å²) in [5.41, 5.74) is 6.83. The molecule has 0 unspecified atom stereocenters. The van der Waals surface area contributed by atoms with Crippen molar-refractivity contribution in [3.05, 3.63) is 82.9 Å². The first-order chi connectivity index (χ1) is 14.8. The Labute approximate surface area is 181 Å². The lowest BCUT2D eigenvalue weighted by atomic mass is 9.82. The van der Waals surface area contributed by atoms with Crippen LogP contribution >= 0.6 is 0 Å². The van der Waals surface area contributed by atoms with Crippen LogP contribution in [0, 0.1) is 0 Å². The summed E-state index contributed by atoms with van der Waals surface area (Å²) in [5.74, 6) is -0.932. The van der Waals surface area contributed by atoms with Crippen molar-refractivity contribution in [2.75, 3.05) is 18.2 Å². The number of hydrogen-bond acceptors (Lipinski definition) is 7. The van der Waals surface area contributed by atoms with Crippen LogP contribution in [-0.2, 0) is 14.3 Å². The number of carbonyl (C=O) groups is 2. The zero-order chi connectivity index (χ0) is 22.8. The molecule has 0 aromatic heterocycles. The van der Waals surface area contributed by atoms with E-state index in [0.717, 1.165) is 7.11 Å². The van der Waals surface area contributed by atoms with Crippen LogP contribution in [-0.4, -0.2) is 27.1 Å². The molecule has 1 aliphatic carbocycles. The summed E-state index contributed by atoms with van der Waals surface area (Å²) in [4.78, 5) is 26.0. The van der Waals surface area contributed by atoms with Gasteiger partial charge in [-0.05, 0) is 18.2 Å². The van der Waals surface area contributed by atoms with Crippen LogP contribution in [0.25, 0.3) is 0 Å². The Morgan fingerprint density at radius 2 is 1.35 bits per heavy atom. The molecule has 3 N–H and O–H groups in total. The number of nitrogens with one attached hydrogen (secondary N) is 1. The standard InChI is InChI=1S/C21H16N2O5S.C2H6/c1-28-29(26,27)16-11-15(23-12-7-3-2-4-8-12)17-18(19(16)22)21(25)14-10-6-5-9-13(14)20(17)24;1-2/h2-11,23H,22H2,1H3;1-2H3. The van der Waals surface area contributed by atoms with Crippen LogP contribution in [0.5, 0.6) is 0 Å². The highest BCUT2D eigenvalue weighted by Gasteiger charge is 2.36. The zero-order valence-corrected chi connectivity index (χ0v) is 18.1. The van der Waals surface area contributed by atoms with Crippen molar-refractivity contribution in [2.45, 2.75) is 18.7 Å². The molecule has 0 aliphatic heterocycles. The van der Waals surface area contributed by atoms with Gasteiger partial charge in [0.05, 0.1) is 29.6 Å². The molecule has 0 radical (unpaired) electrons. The third-order valence-electron chi connectivity index (χ3n) is 4.74. The third-order valence-corrected chi connectivity index (χ3v) is 6.06. The fourth-order valence-electron chi connectivity index (χ4n) is 3.37. The fraction of sp³-hybridized carbons (Fsp3) is 0.130. The van der Waals surface area contributed by atoms with Crippen LogP contribution < -0.4 is 11.1 Å². The Balaban J connectivity index is 0.00000132. The van der Waals surface area contributed by atoms with Crippen LogP contribution in [0.15, 0.2) is 65.6 Å². The summed E-state index contributed by atoms with van der Waals surface area (Å²) >= 11 is 0. The predicted octanol–water partition coefficient (Wildman–Crippen LogP) is 4.15. The third kappa shape index (κ3) is 3.83. The summed E-state index contributed by atoms with van der Waals surface area (Å²) in [6, 6.07) is 16.4. The van der Waals surface area contributed by atoms with Gasteiger partial charge in [-0.25, -0.2) is 0 Å². The molecule has 0 heterocycles. The van der Waals surface area contributed by atoms with E-state index in [1.54, 1.807) is 42.5 Å². The topological polar surface area (TPSA) is 116 Å². The van der Waals surface area contributed by atoms with Gasteiger partial charge in [-0.2, -0.15) is 8.42 Å². The molecule has 0 atom stereocenters. The number of anilines is 3. The molecule has 0 amide bonds. The minimum absolute atomic E-state index is 0.0325. The highest BCUT2D eigenvalue weighted by atomic mass is 32.2. The maximum Gasteiger partial charge on any atom is 0.298 e. The lowest BCUT2D eigenvalue weighted by molar-refractivity contribution is 0.0980. The number of benzene rings is 3. The Morgan fingerprint density at radius 1 is 0.839 bits per heavy atom. The van der Waals surface area contributed by atoms with Crippen molar-refractivity contribution < 1.29 is 22.2 Å². The second-order valence-electron chi connectivity index (χ2n) is 6.40. The van der Waals surface area contributed by atoms with Gasteiger partial charge in [0.15, 0.2) is 11.6 Å². The van der Waals surface area contributed by atoms with Crippen molar-refractivity contribution >= 4 is 38.7 Å². The van der Waals surface area contributed by atoms with Gasteiger partial charge in [-0.1, -0.05) is 56.3 Å².